The Bertz CT molecular complexity index is 1330. The van der Waals surface area contributed by atoms with E-state index < -0.39 is 0 Å². The van der Waals surface area contributed by atoms with Crippen molar-refractivity contribution in [1.29, 1.82) is 0 Å². The molecular formula is C26H20ClN3OS. The minimum Gasteiger partial charge on any atom is -0.485 e. The third-order valence-corrected chi connectivity index (χ3v) is 6.35. The van der Waals surface area contributed by atoms with Crippen LogP contribution < -0.4 is 4.74 Å². The van der Waals surface area contributed by atoms with Gasteiger partial charge in [0.25, 0.3) is 0 Å². The van der Waals surface area contributed by atoms with Gasteiger partial charge in [0.1, 0.15) is 12.4 Å². The molecule has 0 atom stereocenters. The van der Waals surface area contributed by atoms with E-state index in [-0.39, 0.29) is 0 Å². The highest BCUT2D eigenvalue weighted by Crippen LogP contribution is 2.29. The molecule has 0 aliphatic rings. The second kappa shape index (κ2) is 9.47. The molecule has 5 rings (SSSR count). The monoisotopic (exact) mass is 457 g/mol. The number of hydrogen-bond acceptors (Lipinski definition) is 4. The SMILES string of the molecule is Clc1ccc(-n2c(COc3cccc4ccccc34)nnc2SCc2ccccc2)cc1. The quantitative estimate of drug-likeness (QED) is 0.248. The molecule has 0 unspecified atom stereocenters. The van der Waals surface area contributed by atoms with Gasteiger partial charge in [-0.1, -0.05) is 90.1 Å². The Labute approximate surface area is 195 Å². The molecule has 0 fully saturated rings. The molecule has 0 bridgehead atoms. The maximum Gasteiger partial charge on any atom is 0.196 e. The first kappa shape index (κ1) is 20.6. The highest BCUT2D eigenvalue weighted by molar-refractivity contribution is 7.98. The van der Waals surface area contributed by atoms with Gasteiger partial charge in [0, 0.05) is 21.8 Å². The molecule has 0 spiro atoms. The van der Waals surface area contributed by atoms with Gasteiger partial charge in [-0.2, -0.15) is 0 Å². The van der Waals surface area contributed by atoms with Gasteiger partial charge in [0.05, 0.1) is 0 Å². The summed E-state index contributed by atoms with van der Waals surface area (Å²) in [6.45, 7) is 0.301. The lowest BCUT2D eigenvalue weighted by Gasteiger charge is -2.12. The van der Waals surface area contributed by atoms with Crippen molar-refractivity contribution in [3.63, 3.8) is 0 Å². The maximum absolute atomic E-state index is 6.21. The highest BCUT2D eigenvalue weighted by atomic mass is 35.5. The van der Waals surface area contributed by atoms with Gasteiger partial charge >= 0.3 is 0 Å². The molecule has 6 heteroatoms. The van der Waals surface area contributed by atoms with E-state index in [1.54, 1.807) is 11.8 Å². The van der Waals surface area contributed by atoms with Gasteiger partial charge in [0.2, 0.25) is 0 Å². The minimum absolute atomic E-state index is 0.301. The molecule has 32 heavy (non-hydrogen) atoms. The first-order valence-electron chi connectivity index (χ1n) is 10.3. The summed E-state index contributed by atoms with van der Waals surface area (Å²) in [4.78, 5) is 0. The van der Waals surface area contributed by atoms with Crippen molar-refractivity contribution >= 4 is 34.1 Å². The van der Waals surface area contributed by atoms with Crippen molar-refractivity contribution in [3.8, 4) is 11.4 Å². The smallest absolute Gasteiger partial charge is 0.196 e. The van der Waals surface area contributed by atoms with Crippen LogP contribution in [0.15, 0.2) is 102 Å². The Morgan fingerprint density at radius 2 is 1.53 bits per heavy atom. The number of benzene rings is 4. The van der Waals surface area contributed by atoms with Crippen molar-refractivity contribution in [1.82, 2.24) is 14.8 Å². The van der Waals surface area contributed by atoms with Crippen LogP contribution in [0.1, 0.15) is 11.4 Å². The second-order valence-electron chi connectivity index (χ2n) is 7.25. The number of ether oxygens (including phenoxy) is 1. The number of halogens is 1. The third kappa shape index (κ3) is 4.49. The summed E-state index contributed by atoms with van der Waals surface area (Å²) in [5.74, 6) is 2.36. The van der Waals surface area contributed by atoms with Crippen LogP contribution in [0.4, 0.5) is 0 Å². The van der Waals surface area contributed by atoms with E-state index in [9.17, 15) is 0 Å². The summed E-state index contributed by atoms with van der Waals surface area (Å²) in [7, 11) is 0. The predicted molar refractivity (Wildman–Crippen MR) is 131 cm³/mol. The molecule has 4 nitrogen and oxygen atoms in total. The molecule has 1 aromatic heterocycles. The Balaban J connectivity index is 1.44. The van der Waals surface area contributed by atoms with E-state index in [1.165, 1.54) is 5.56 Å². The molecule has 1 heterocycles. The zero-order chi connectivity index (χ0) is 21.8. The first-order valence-corrected chi connectivity index (χ1v) is 11.6. The summed E-state index contributed by atoms with van der Waals surface area (Å²) in [6.07, 6.45) is 0. The van der Waals surface area contributed by atoms with Crippen LogP contribution in [0.5, 0.6) is 5.75 Å². The van der Waals surface area contributed by atoms with E-state index in [0.717, 1.165) is 38.9 Å². The maximum atomic E-state index is 6.21. The van der Waals surface area contributed by atoms with Crippen LogP contribution in [0.25, 0.3) is 16.5 Å². The number of hydrogen-bond donors (Lipinski definition) is 0. The molecule has 0 radical (unpaired) electrons. The van der Waals surface area contributed by atoms with Crippen LogP contribution in [-0.2, 0) is 12.4 Å². The van der Waals surface area contributed by atoms with Gasteiger partial charge in [-0.15, -0.1) is 10.2 Å². The van der Waals surface area contributed by atoms with Crippen molar-refractivity contribution in [2.45, 2.75) is 17.5 Å². The van der Waals surface area contributed by atoms with Crippen molar-refractivity contribution in [3.05, 3.63) is 113 Å². The number of nitrogens with zero attached hydrogens (tertiary/aromatic N) is 3. The Morgan fingerprint density at radius 1 is 0.781 bits per heavy atom. The average molecular weight is 458 g/mol. The van der Waals surface area contributed by atoms with Gasteiger partial charge in [-0.3, -0.25) is 4.57 Å². The molecule has 0 saturated heterocycles. The Morgan fingerprint density at radius 3 is 2.38 bits per heavy atom. The van der Waals surface area contributed by atoms with Crippen LogP contribution in [0.3, 0.4) is 0 Å². The van der Waals surface area contributed by atoms with Gasteiger partial charge in [-0.05, 0) is 41.3 Å². The fourth-order valence-corrected chi connectivity index (χ4v) is 4.58. The Hall–Kier alpha value is -3.28. The molecular weight excluding hydrogens is 438 g/mol. The van der Waals surface area contributed by atoms with Crippen LogP contribution in [0.2, 0.25) is 5.02 Å². The van der Waals surface area contributed by atoms with Crippen LogP contribution >= 0.6 is 23.4 Å². The van der Waals surface area contributed by atoms with E-state index in [2.05, 4.69) is 40.5 Å². The lowest BCUT2D eigenvalue weighted by atomic mass is 10.1. The van der Waals surface area contributed by atoms with Crippen molar-refractivity contribution in [2.75, 3.05) is 0 Å². The van der Waals surface area contributed by atoms with Gasteiger partial charge in [0.15, 0.2) is 11.0 Å². The minimum atomic E-state index is 0.301. The van der Waals surface area contributed by atoms with Crippen molar-refractivity contribution in [2.24, 2.45) is 0 Å². The molecule has 4 aromatic carbocycles. The standard InChI is InChI=1S/C26H20ClN3OS/c27-21-13-15-22(16-14-21)30-25(28-29-26(30)32-18-19-7-2-1-3-8-19)17-31-24-12-6-10-20-9-4-5-11-23(20)24/h1-16H,17-18H2. The molecule has 0 aliphatic heterocycles. The molecule has 158 valence electrons. The van der Waals surface area contributed by atoms with Crippen LogP contribution in [-0.4, -0.2) is 14.8 Å². The number of fused-ring (bicyclic) bond motifs is 1. The average Bonchev–Trinajstić information content (AvgIpc) is 3.25. The Kier molecular flexibility index (Phi) is 6.10. The van der Waals surface area contributed by atoms with E-state index in [4.69, 9.17) is 16.3 Å². The number of aromatic nitrogens is 3. The van der Waals surface area contributed by atoms with E-state index in [1.807, 2.05) is 71.3 Å². The number of rotatable bonds is 7. The summed E-state index contributed by atoms with van der Waals surface area (Å²) < 4.78 is 8.25. The van der Waals surface area contributed by atoms with E-state index >= 15 is 0 Å². The molecule has 0 aliphatic carbocycles. The van der Waals surface area contributed by atoms with Gasteiger partial charge < -0.3 is 4.74 Å². The molecule has 0 amide bonds. The number of thioether (sulfide) groups is 1. The largest absolute Gasteiger partial charge is 0.485 e. The zero-order valence-corrected chi connectivity index (χ0v) is 18.8. The molecule has 5 aromatic rings. The third-order valence-electron chi connectivity index (χ3n) is 5.10. The van der Waals surface area contributed by atoms with Crippen molar-refractivity contribution < 1.29 is 4.74 Å². The van der Waals surface area contributed by atoms with E-state index in [0.29, 0.717) is 11.6 Å². The highest BCUT2D eigenvalue weighted by Gasteiger charge is 2.16. The fourth-order valence-electron chi connectivity index (χ4n) is 3.52. The first-order chi connectivity index (χ1) is 15.8. The fraction of sp³-hybridized carbons (Fsp3) is 0.0769. The topological polar surface area (TPSA) is 39.9 Å². The summed E-state index contributed by atoms with van der Waals surface area (Å²) >= 11 is 7.77. The second-order valence-corrected chi connectivity index (χ2v) is 8.63. The lowest BCUT2D eigenvalue weighted by Crippen LogP contribution is -2.07. The predicted octanol–water partition coefficient (Wildman–Crippen LogP) is 6.95. The summed E-state index contributed by atoms with van der Waals surface area (Å²) in [6, 6.07) is 32.3. The molecule has 0 N–H and O–H groups in total. The molecule has 0 saturated carbocycles. The van der Waals surface area contributed by atoms with Crippen LogP contribution in [0, 0.1) is 0 Å². The normalized spacial score (nSPS) is 11.0. The van der Waals surface area contributed by atoms with Gasteiger partial charge in [-0.25, -0.2) is 0 Å². The lowest BCUT2D eigenvalue weighted by molar-refractivity contribution is 0.296. The summed E-state index contributed by atoms with van der Waals surface area (Å²) in [5.41, 5.74) is 2.18. The summed E-state index contributed by atoms with van der Waals surface area (Å²) in [5, 5.41) is 12.6. The zero-order valence-electron chi connectivity index (χ0n) is 17.2.